The number of carbonyl (C=O) groups is 3. The zero-order valence-corrected chi connectivity index (χ0v) is 16.3. The SMILES string of the molecule is COc1ccccc1N1CCN(C(=O)CCN2C(=O)c3ccccc3C2=O)CC1. The highest BCUT2D eigenvalue weighted by Gasteiger charge is 2.35. The molecule has 7 heteroatoms. The first-order chi connectivity index (χ1) is 14.1. The molecule has 0 saturated carbocycles. The number of nitrogens with zero attached hydrogens (tertiary/aromatic N) is 3. The number of hydrogen-bond donors (Lipinski definition) is 0. The van der Waals surface area contributed by atoms with Gasteiger partial charge in [-0.15, -0.1) is 0 Å². The van der Waals surface area contributed by atoms with Crippen LogP contribution in [0.5, 0.6) is 5.75 Å². The third-order valence-corrected chi connectivity index (χ3v) is 5.49. The summed E-state index contributed by atoms with van der Waals surface area (Å²) in [5.41, 5.74) is 1.85. The van der Waals surface area contributed by atoms with Crippen molar-refractivity contribution in [3.63, 3.8) is 0 Å². The van der Waals surface area contributed by atoms with E-state index in [9.17, 15) is 14.4 Å². The highest BCUT2D eigenvalue weighted by molar-refractivity contribution is 6.21. The van der Waals surface area contributed by atoms with Crippen molar-refractivity contribution in [3.8, 4) is 5.75 Å². The van der Waals surface area contributed by atoms with Crippen LogP contribution in [0.1, 0.15) is 27.1 Å². The fraction of sp³-hybridized carbons (Fsp3) is 0.318. The fourth-order valence-electron chi connectivity index (χ4n) is 3.90. The van der Waals surface area contributed by atoms with Gasteiger partial charge in [-0.2, -0.15) is 0 Å². The van der Waals surface area contributed by atoms with Crippen LogP contribution in [0.15, 0.2) is 48.5 Å². The third kappa shape index (κ3) is 3.55. The topological polar surface area (TPSA) is 70.2 Å². The highest BCUT2D eigenvalue weighted by Crippen LogP contribution is 2.28. The van der Waals surface area contributed by atoms with E-state index in [1.165, 1.54) is 4.90 Å². The van der Waals surface area contributed by atoms with Crippen molar-refractivity contribution in [1.82, 2.24) is 9.80 Å². The zero-order chi connectivity index (χ0) is 20.4. The minimum absolute atomic E-state index is 0.0405. The number of methoxy groups -OCH3 is 1. The molecule has 0 aliphatic carbocycles. The number of para-hydroxylation sites is 2. The summed E-state index contributed by atoms with van der Waals surface area (Å²) in [6.07, 6.45) is 0.139. The first-order valence-corrected chi connectivity index (χ1v) is 9.71. The van der Waals surface area contributed by atoms with E-state index in [1.807, 2.05) is 24.3 Å². The molecule has 0 bridgehead atoms. The Morgan fingerprint density at radius 1 is 0.897 bits per heavy atom. The van der Waals surface area contributed by atoms with Crippen molar-refractivity contribution >= 4 is 23.4 Å². The van der Waals surface area contributed by atoms with E-state index < -0.39 is 0 Å². The molecule has 29 heavy (non-hydrogen) atoms. The van der Waals surface area contributed by atoms with Crippen LogP contribution in [0.25, 0.3) is 0 Å². The van der Waals surface area contributed by atoms with Gasteiger partial charge >= 0.3 is 0 Å². The Kier molecular flexibility index (Phi) is 5.20. The molecule has 2 heterocycles. The number of piperazine rings is 1. The molecule has 2 aromatic carbocycles. The lowest BCUT2D eigenvalue weighted by atomic mass is 10.1. The van der Waals surface area contributed by atoms with Gasteiger partial charge in [0.1, 0.15) is 5.75 Å². The Hall–Kier alpha value is -3.35. The summed E-state index contributed by atoms with van der Waals surface area (Å²) in [5.74, 6) is 0.137. The van der Waals surface area contributed by atoms with Gasteiger partial charge in [0.25, 0.3) is 11.8 Å². The van der Waals surface area contributed by atoms with Gasteiger partial charge < -0.3 is 14.5 Å². The molecule has 2 aliphatic rings. The summed E-state index contributed by atoms with van der Waals surface area (Å²) >= 11 is 0. The number of hydrogen-bond acceptors (Lipinski definition) is 5. The molecule has 0 atom stereocenters. The summed E-state index contributed by atoms with van der Waals surface area (Å²) in [6.45, 7) is 2.72. The molecule has 0 unspecified atom stereocenters. The van der Waals surface area contributed by atoms with Crippen molar-refractivity contribution in [2.24, 2.45) is 0 Å². The van der Waals surface area contributed by atoms with E-state index in [-0.39, 0.29) is 30.7 Å². The second kappa shape index (κ2) is 7.95. The Morgan fingerprint density at radius 3 is 2.10 bits per heavy atom. The van der Waals surface area contributed by atoms with E-state index >= 15 is 0 Å². The molecule has 2 aliphatic heterocycles. The maximum Gasteiger partial charge on any atom is 0.261 e. The lowest BCUT2D eigenvalue weighted by molar-refractivity contribution is -0.131. The Labute approximate surface area is 169 Å². The minimum Gasteiger partial charge on any atom is -0.495 e. The quantitative estimate of drug-likeness (QED) is 0.727. The maximum absolute atomic E-state index is 12.6. The number of rotatable bonds is 5. The third-order valence-electron chi connectivity index (χ3n) is 5.49. The molecule has 0 N–H and O–H groups in total. The van der Waals surface area contributed by atoms with Crippen molar-refractivity contribution < 1.29 is 19.1 Å². The molecular weight excluding hydrogens is 370 g/mol. The smallest absolute Gasteiger partial charge is 0.261 e. The molecule has 0 radical (unpaired) electrons. The van der Waals surface area contributed by atoms with Crippen LogP contribution in [0.2, 0.25) is 0 Å². The summed E-state index contributed by atoms with van der Waals surface area (Å²) in [7, 11) is 1.65. The lowest BCUT2D eigenvalue weighted by Gasteiger charge is -2.36. The number of carbonyl (C=O) groups excluding carboxylic acids is 3. The van der Waals surface area contributed by atoms with Crippen LogP contribution in [-0.2, 0) is 4.79 Å². The van der Waals surface area contributed by atoms with E-state index in [4.69, 9.17) is 4.74 Å². The van der Waals surface area contributed by atoms with Gasteiger partial charge in [0, 0.05) is 39.1 Å². The number of imide groups is 1. The molecule has 2 aromatic rings. The molecule has 150 valence electrons. The second-order valence-electron chi connectivity index (χ2n) is 7.10. The van der Waals surface area contributed by atoms with Gasteiger partial charge in [-0.25, -0.2) is 0 Å². The van der Waals surface area contributed by atoms with Crippen molar-refractivity contribution in [1.29, 1.82) is 0 Å². The average Bonchev–Trinajstić information content (AvgIpc) is 3.02. The maximum atomic E-state index is 12.6. The fourth-order valence-corrected chi connectivity index (χ4v) is 3.90. The molecule has 4 rings (SSSR count). The Balaban J connectivity index is 1.32. The summed E-state index contributed by atoms with van der Waals surface area (Å²) in [5, 5.41) is 0. The van der Waals surface area contributed by atoms with Crippen molar-refractivity contribution in [2.45, 2.75) is 6.42 Å². The molecule has 0 aromatic heterocycles. The monoisotopic (exact) mass is 393 g/mol. The molecule has 1 saturated heterocycles. The predicted octanol–water partition coefficient (Wildman–Crippen LogP) is 2.03. The second-order valence-corrected chi connectivity index (χ2v) is 7.10. The van der Waals surface area contributed by atoms with E-state index in [1.54, 1.807) is 36.3 Å². The normalized spacial score (nSPS) is 16.2. The zero-order valence-electron chi connectivity index (χ0n) is 16.3. The largest absolute Gasteiger partial charge is 0.495 e. The summed E-state index contributed by atoms with van der Waals surface area (Å²) < 4.78 is 5.42. The number of benzene rings is 2. The predicted molar refractivity (Wildman–Crippen MR) is 108 cm³/mol. The first kappa shape index (κ1) is 19.0. The molecular formula is C22H23N3O4. The van der Waals surface area contributed by atoms with Gasteiger partial charge in [-0.3, -0.25) is 19.3 Å². The van der Waals surface area contributed by atoms with Crippen LogP contribution in [0, 0.1) is 0 Å². The van der Waals surface area contributed by atoms with E-state index in [2.05, 4.69) is 4.90 Å². The summed E-state index contributed by atoms with van der Waals surface area (Å²) in [4.78, 5) is 42.6. The minimum atomic E-state index is -0.320. The standard InChI is InChI=1S/C22H23N3O4/c1-29-19-9-5-4-8-18(19)23-12-14-24(15-13-23)20(26)10-11-25-21(27)16-6-2-3-7-17(16)22(25)28/h2-9H,10-15H2,1H3. The van der Waals surface area contributed by atoms with Crippen molar-refractivity contribution in [3.05, 3.63) is 59.7 Å². The molecule has 0 spiro atoms. The lowest BCUT2D eigenvalue weighted by Crippen LogP contribution is -2.49. The van der Waals surface area contributed by atoms with Crippen LogP contribution < -0.4 is 9.64 Å². The Bertz CT molecular complexity index is 916. The van der Waals surface area contributed by atoms with Gasteiger partial charge in [-0.1, -0.05) is 24.3 Å². The van der Waals surface area contributed by atoms with Gasteiger partial charge in [0.05, 0.1) is 23.9 Å². The highest BCUT2D eigenvalue weighted by atomic mass is 16.5. The van der Waals surface area contributed by atoms with Gasteiger partial charge in [-0.05, 0) is 24.3 Å². The van der Waals surface area contributed by atoms with E-state index in [0.717, 1.165) is 11.4 Å². The average molecular weight is 393 g/mol. The number of amides is 3. The van der Waals surface area contributed by atoms with Crippen LogP contribution >= 0.6 is 0 Å². The number of anilines is 1. The van der Waals surface area contributed by atoms with Gasteiger partial charge in [0.15, 0.2) is 0 Å². The van der Waals surface area contributed by atoms with Gasteiger partial charge in [0.2, 0.25) is 5.91 Å². The van der Waals surface area contributed by atoms with Crippen LogP contribution in [0.3, 0.4) is 0 Å². The number of ether oxygens (including phenoxy) is 1. The molecule has 1 fully saturated rings. The molecule has 3 amide bonds. The molecule has 7 nitrogen and oxygen atoms in total. The summed E-state index contributed by atoms with van der Waals surface area (Å²) in [6, 6.07) is 14.6. The van der Waals surface area contributed by atoms with E-state index in [0.29, 0.717) is 37.3 Å². The van der Waals surface area contributed by atoms with Crippen LogP contribution in [0.4, 0.5) is 5.69 Å². The van der Waals surface area contributed by atoms with Crippen molar-refractivity contribution in [2.75, 3.05) is 44.7 Å². The first-order valence-electron chi connectivity index (χ1n) is 9.71. The number of fused-ring (bicyclic) bond motifs is 1. The van der Waals surface area contributed by atoms with Crippen LogP contribution in [-0.4, -0.2) is 67.4 Å². The Morgan fingerprint density at radius 2 is 1.48 bits per heavy atom.